The third-order valence-electron chi connectivity index (χ3n) is 4.19. The standard InChI is InChI=1S/C18H25FN2O2/c1-14(15-3-5-16(19)6-4-15)13-18(22)20-17-7-9-21(10-8-17)11-12-23-2/h3-6,13,17H,7-12H2,1-2H3,(H,20,22)/b14-13-. The third kappa shape index (κ3) is 5.77. The number of rotatable bonds is 6. The Morgan fingerprint density at radius 2 is 2.00 bits per heavy atom. The number of carbonyl (C=O) groups is 1. The Morgan fingerprint density at radius 3 is 2.61 bits per heavy atom. The van der Waals surface area contributed by atoms with E-state index in [0.717, 1.165) is 50.2 Å². The molecular weight excluding hydrogens is 295 g/mol. The second kappa shape index (κ2) is 8.79. The SMILES string of the molecule is COCCN1CCC(NC(=O)/C=C(/C)c2ccc(F)cc2)CC1. The van der Waals surface area contributed by atoms with Crippen molar-refractivity contribution in [2.24, 2.45) is 0 Å². The van der Waals surface area contributed by atoms with Crippen molar-refractivity contribution in [1.29, 1.82) is 0 Å². The highest BCUT2D eigenvalue weighted by Gasteiger charge is 2.19. The van der Waals surface area contributed by atoms with Crippen LogP contribution < -0.4 is 5.32 Å². The predicted octanol–water partition coefficient (Wildman–Crippen LogP) is 2.46. The fourth-order valence-corrected chi connectivity index (χ4v) is 2.76. The average Bonchev–Trinajstić information content (AvgIpc) is 2.54. The van der Waals surface area contributed by atoms with Crippen LogP contribution in [0.5, 0.6) is 0 Å². The lowest BCUT2D eigenvalue weighted by Crippen LogP contribution is -2.45. The topological polar surface area (TPSA) is 41.6 Å². The molecule has 1 heterocycles. The first-order valence-electron chi connectivity index (χ1n) is 8.04. The molecule has 1 aromatic rings. The highest BCUT2D eigenvalue weighted by molar-refractivity contribution is 5.94. The number of amides is 1. The summed E-state index contributed by atoms with van der Waals surface area (Å²) in [5.74, 6) is -0.353. The zero-order valence-corrected chi connectivity index (χ0v) is 13.8. The van der Waals surface area contributed by atoms with Crippen molar-refractivity contribution in [1.82, 2.24) is 10.2 Å². The van der Waals surface area contributed by atoms with Gasteiger partial charge in [-0.25, -0.2) is 4.39 Å². The van der Waals surface area contributed by atoms with E-state index in [-0.39, 0.29) is 17.8 Å². The van der Waals surface area contributed by atoms with Crippen molar-refractivity contribution < 1.29 is 13.9 Å². The first-order valence-corrected chi connectivity index (χ1v) is 8.04. The molecule has 0 atom stereocenters. The van der Waals surface area contributed by atoms with Gasteiger partial charge in [0.05, 0.1) is 6.61 Å². The number of hydrogen-bond acceptors (Lipinski definition) is 3. The summed E-state index contributed by atoms with van der Waals surface area (Å²) in [5, 5.41) is 3.06. The van der Waals surface area contributed by atoms with Gasteiger partial charge in [0.15, 0.2) is 0 Å². The largest absolute Gasteiger partial charge is 0.383 e. The number of halogens is 1. The maximum absolute atomic E-state index is 12.9. The number of piperidine rings is 1. The van der Waals surface area contributed by atoms with Gasteiger partial charge in [0.2, 0.25) is 5.91 Å². The molecule has 0 saturated carbocycles. The minimum Gasteiger partial charge on any atom is -0.383 e. The van der Waals surface area contributed by atoms with Crippen molar-refractivity contribution in [3.63, 3.8) is 0 Å². The first kappa shape index (κ1) is 17.6. The van der Waals surface area contributed by atoms with Crippen molar-refractivity contribution in [2.45, 2.75) is 25.8 Å². The quantitative estimate of drug-likeness (QED) is 0.819. The molecule has 0 spiro atoms. The van der Waals surface area contributed by atoms with Gasteiger partial charge >= 0.3 is 0 Å². The van der Waals surface area contributed by atoms with Crippen LogP contribution in [0.4, 0.5) is 4.39 Å². The number of hydrogen-bond donors (Lipinski definition) is 1. The van der Waals surface area contributed by atoms with Crippen LogP contribution in [0, 0.1) is 5.82 Å². The molecule has 1 aliphatic rings. The normalized spacial score (nSPS) is 17.3. The van der Waals surface area contributed by atoms with Gasteiger partial charge in [-0.2, -0.15) is 0 Å². The minimum absolute atomic E-state index is 0.0813. The Labute approximate surface area is 137 Å². The molecule has 0 aliphatic carbocycles. The number of methoxy groups -OCH3 is 1. The van der Waals surface area contributed by atoms with Gasteiger partial charge in [-0.15, -0.1) is 0 Å². The number of nitrogens with one attached hydrogen (secondary N) is 1. The van der Waals surface area contributed by atoms with Crippen molar-refractivity contribution in [2.75, 3.05) is 33.4 Å². The van der Waals surface area contributed by atoms with E-state index in [9.17, 15) is 9.18 Å². The second-order valence-corrected chi connectivity index (χ2v) is 5.95. The molecule has 1 saturated heterocycles. The second-order valence-electron chi connectivity index (χ2n) is 5.95. The van der Waals surface area contributed by atoms with Crippen LogP contribution in [-0.4, -0.2) is 50.2 Å². The lowest BCUT2D eigenvalue weighted by molar-refractivity contribution is -0.117. The summed E-state index contributed by atoms with van der Waals surface area (Å²) in [4.78, 5) is 14.5. The molecule has 1 aromatic carbocycles. The van der Waals surface area contributed by atoms with Crippen LogP contribution in [0.25, 0.3) is 5.57 Å². The minimum atomic E-state index is -0.272. The molecule has 1 aliphatic heterocycles. The number of likely N-dealkylation sites (tertiary alicyclic amines) is 1. The van der Waals surface area contributed by atoms with E-state index in [4.69, 9.17) is 4.74 Å². The van der Waals surface area contributed by atoms with Crippen LogP contribution in [0.2, 0.25) is 0 Å². The molecule has 0 bridgehead atoms. The molecule has 0 unspecified atom stereocenters. The van der Waals surface area contributed by atoms with E-state index < -0.39 is 0 Å². The molecule has 0 aromatic heterocycles. The van der Waals surface area contributed by atoms with Gasteiger partial charge in [0, 0.05) is 38.9 Å². The summed E-state index contributed by atoms with van der Waals surface area (Å²) in [6, 6.07) is 6.39. The van der Waals surface area contributed by atoms with Crippen molar-refractivity contribution in [3.8, 4) is 0 Å². The summed E-state index contributed by atoms with van der Waals surface area (Å²) < 4.78 is 18.0. The fourth-order valence-electron chi connectivity index (χ4n) is 2.76. The van der Waals surface area contributed by atoms with Crippen LogP contribution >= 0.6 is 0 Å². The molecule has 1 amide bonds. The van der Waals surface area contributed by atoms with Gasteiger partial charge < -0.3 is 15.0 Å². The molecule has 0 radical (unpaired) electrons. The van der Waals surface area contributed by atoms with E-state index in [1.54, 1.807) is 25.3 Å². The van der Waals surface area contributed by atoms with E-state index in [1.165, 1.54) is 12.1 Å². The van der Waals surface area contributed by atoms with Crippen LogP contribution in [0.15, 0.2) is 30.3 Å². The fraction of sp³-hybridized carbons (Fsp3) is 0.500. The molecule has 1 N–H and O–H groups in total. The van der Waals surface area contributed by atoms with Crippen LogP contribution in [0.3, 0.4) is 0 Å². The Hall–Kier alpha value is -1.72. The van der Waals surface area contributed by atoms with Gasteiger partial charge in [0.25, 0.3) is 0 Å². The molecule has 1 fully saturated rings. The lowest BCUT2D eigenvalue weighted by atomic mass is 10.0. The monoisotopic (exact) mass is 320 g/mol. The maximum Gasteiger partial charge on any atom is 0.244 e. The van der Waals surface area contributed by atoms with Crippen LogP contribution in [0.1, 0.15) is 25.3 Å². The van der Waals surface area contributed by atoms with E-state index in [0.29, 0.717) is 0 Å². The first-order chi connectivity index (χ1) is 11.1. The Kier molecular flexibility index (Phi) is 6.74. The number of allylic oxidation sites excluding steroid dienone is 1. The summed E-state index contributed by atoms with van der Waals surface area (Å²) >= 11 is 0. The smallest absolute Gasteiger partial charge is 0.244 e. The highest BCUT2D eigenvalue weighted by Crippen LogP contribution is 2.15. The van der Waals surface area contributed by atoms with Crippen molar-refractivity contribution >= 4 is 11.5 Å². The summed E-state index contributed by atoms with van der Waals surface area (Å²) in [5.41, 5.74) is 1.69. The predicted molar refractivity (Wildman–Crippen MR) is 89.5 cm³/mol. The van der Waals surface area contributed by atoms with E-state index in [1.807, 2.05) is 6.92 Å². The van der Waals surface area contributed by atoms with Crippen molar-refractivity contribution in [3.05, 3.63) is 41.7 Å². The summed E-state index contributed by atoms with van der Waals surface area (Å²) in [7, 11) is 1.71. The maximum atomic E-state index is 12.9. The zero-order chi connectivity index (χ0) is 16.7. The van der Waals surface area contributed by atoms with E-state index >= 15 is 0 Å². The summed E-state index contributed by atoms with van der Waals surface area (Å²) in [6.45, 7) is 5.52. The Balaban J connectivity index is 1.81. The third-order valence-corrected chi connectivity index (χ3v) is 4.19. The van der Waals surface area contributed by atoms with Gasteiger partial charge in [-0.1, -0.05) is 12.1 Å². The molecule has 126 valence electrons. The van der Waals surface area contributed by atoms with Gasteiger partial charge in [0.1, 0.15) is 5.82 Å². The number of nitrogens with zero attached hydrogens (tertiary/aromatic N) is 1. The Morgan fingerprint density at radius 1 is 1.35 bits per heavy atom. The zero-order valence-electron chi connectivity index (χ0n) is 13.8. The molecular formula is C18H25FN2O2. The van der Waals surface area contributed by atoms with Gasteiger partial charge in [-0.05, 0) is 43.0 Å². The average molecular weight is 320 g/mol. The molecule has 5 heteroatoms. The lowest BCUT2D eigenvalue weighted by Gasteiger charge is -2.31. The molecule has 2 rings (SSSR count). The van der Waals surface area contributed by atoms with Gasteiger partial charge in [-0.3, -0.25) is 4.79 Å². The van der Waals surface area contributed by atoms with E-state index in [2.05, 4.69) is 10.2 Å². The number of ether oxygens (including phenoxy) is 1. The highest BCUT2D eigenvalue weighted by atomic mass is 19.1. The number of carbonyl (C=O) groups excluding carboxylic acids is 1. The molecule has 4 nitrogen and oxygen atoms in total. The Bertz CT molecular complexity index is 534. The number of benzene rings is 1. The molecule has 23 heavy (non-hydrogen) atoms. The summed E-state index contributed by atoms with van der Waals surface area (Å²) in [6.07, 6.45) is 3.50. The van der Waals surface area contributed by atoms with Crippen LogP contribution in [-0.2, 0) is 9.53 Å².